The maximum absolute atomic E-state index is 13.4. The molecule has 1 N–H and O–H groups in total. The Labute approximate surface area is 111 Å². The molecular formula is C12H10BrFN2O2. The van der Waals surface area contributed by atoms with Crippen LogP contribution in [0.5, 0.6) is 0 Å². The number of hydrogen-bond donors (Lipinski definition) is 1. The first-order valence-electron chi connectivity index (χ1n) is 5.12. The van der Waals surface area contributed by atoms with Crippen molar-refractivity contribution in [2.45, 2.75) is 0 Å². The topological polar surface area (TPSA) is 51.2 Å². The fourth-order valence-electron chi connectivity index (χ4n) is 1.72. The van der Waals surface area contributed by atoms with Crippen LogP contribution in [0.2, 0.25) is 0 Å². The SMILES string of the molecule is CNc1c(C(=O)OC)cnc2cc(F)c(Br)cc12. The van der Waals surface area contributed by atoms with Gasteiger partial charge in [-0.2, -0.15) is 0 Å². The zero-order chi connectivity index (χ0) is 13.3. The summed E-state index contributed by atoms with van der Waals surface area (Å²) in [5.41, 5.74) is 1.34. The Bertz CT molecular complexity index is 631. The van der Waals surface area contributed by atoms with E-state index in [2.05, 4.69) is 31.0 Å². The fraction of sp³-hybridized carbons (Fsp3) is 0.167. The Morgan fingerprint density at radius 1 is 1.50 bits per heavy atom. The molecular weight excluding hydrogens is 303 g/mol. The van der Waals surface area contributed by atoms with Crippen LogP contribution in [0, 0.1) is 5.82 Å². The summed E-state index contributed by atoms with van der Waals surface area (Å²) in [6.45, 7) is 0. The molecule has 0 amide bonds. The van der Waals surface area contributed by atoms with Crippen molar-refractivity contribution in [3.8, 4) is 0 Å². The Morgan fingerprint density at radius 3 is 2.83 bits per heavy atom. The molecule has 0 aliphatic heterocycles. The quantitative estimate of drug-likeness (QED) is 0.866. The molecule has 1 aromatic heterocycles. The van der Waals surface area contributed by atoms with Gasteiger partial charge in [0.1, 0.15) is 11.4 Å². The predicted molar refractivity (Wildman–Crippen MR) is 70.3 cm³/mol. The number of carbonyl (C=O) groups excluding carboxylic acids is 1. The van der Waals surface area contributed by atoms with Crippen molar-refractivity contribution < 1.29 is 13.9 Å². The molecule has 0 atom stereocenters. The number of halogens is 2. The molecule has 0 fully saturated rings. The molecule has 4 nitrogen and oxygen atoms in total. The molecule has 1 heterocycles. The number of fused-ring (bicyclic) bond motifs is 1. The summed E-state index contributed by atoms with van der Waals surface area (Å²) in [5, 5.41) is 3.56. The van der Waals surface area contributed by atoms with E-state index in [0.29, 0.717) is 26.6 Å². The van der Waals surface area contributed by atoms with Crippen LogP contribution >= 0.6 is 15.9 Å². The van der Waals surface area contributed by atoms with Crippen LogP contribution in [0.15, 0.2) is 22.8 Å². The van der Waals surface area contributed by atoms with Gasteiger partial charge in [0.25, 0.3) is 0 Å². The van der Waals surface area contributed by atoms with E-state index in [1.54, 1.807) is 13.1 Å². The molecule has 0 radical (unpaired) electrons. The summed E-state index contributed by atoms with van der Waals surface area (Å²) in [6.07, 6.45) is 1.37. The van der Waals surface area contributed by atoms with Gasteiger partial charge in [-0.3, -0.25) is 4.98 Å². The van der Waals surface area contributed by atoms with Crippen molar-refractivity contribution >= 4 is 38.5 Å². The summed E-state index contributed by atoms with van der Waals surface area (Å²) in [4.78, 5) is 15.7. The number of carbonyl (C=O) groups is 1. The second-order valence-corrected chi connectivity index (χ2v) is 4.43. The highest BCUT2D eigenvalue weighted by Gasteiger charge is 2.16. The van der Waals surface area contributed by atoms with Crippen molar-refractivity contribution in [2.24, 2.45) is 0 Å². The highest BCUT2D eigenvalue weighted by Crippen LogP contribution is 2.30. The number of nitrogens with one attached hydrogen (secondary N) is 1. The van der Waals surface area contributed by atoms with Gasteiger partial charge in [0, 0.05) is 24.7 Å². The Morgan fingerprint density at radius 2 is 2.22 bits per heavy atom. The monoisotopic (exact) mass is 312 g/mol. The first-order chi connectivity index (χ1) is 8.58. The van der Waals surface area contributed by atoms with Gasteiger partial charge in [-0.15, -0.1) is 0 Å². The lowest BCUT2D eigenvalue weighted by Gasteiger charge is -2.11. The molecule has 94 valence electrons. The molecule has 0 spiro atoms. The molecule has 0 saturated heterocycles. The highest BCUT2D eigenvalue weighted by atomic mass is 79.9. The van der Waals surface area contributed by atoms with E-state index in [9.17, 15) is 9.18 Å². The zero-order valence-corrected chi connectivity index (χ0v) is 11.3. The van der Waals surface area contributed by atoms with E-state index in [1.807, 2.05) is 0 Å². The largest absolute Gasteiger partial charge is 0.465 e. The van der Waals surface area contributed by atoms with Crippen LogP contribution < -0.4 is 5.32 Å². The van der Waals surface area contributed by atoms with Crippen molar-refractivity contribution in [3.05, 3.63) is 34.2 Å². The third-order valence-corrected chi connectivity index (χ3v) is 3.17. The molecule has 0 aliphatic rings. The first-order valence-corrected chi connectivity index (χ1v) is 5.91. The summed E-state index contributed by atoms with van der Waals surface area (Å²) >= 11 is 3.11. The lowest BCUT2D eigenvalue weighted by Crippen LogP contribution is -2.07. The van der Waals surface area contributed by atoms with Crippen LogP contribution in [-0.4, -0.2) is 25.1 Å². The number of rotatable bonds is 2. The molecule has 1 aromatic carbocycles. The molecule has 2 aromatic rings. The second-order valence-electron chi connectivity index (χ2n) is 3.57. The van der Waals surface area contributed by atoms with Crippen molar-refractivity contribution in [2.75, 3.05) is 19.5 Å². The minimum absolute atomic E-state index is 0.311. The summed E-state index contributed by atoms with van der Waals surface area (Å²) in [6, 6.07) is 2.89. The van der Waals surface area contributed by atoms with E-state index in [4.69, 9.17) is 0 Å². The molecule has 0 unspecified atom stereocenters. The van der Waals surface area contributed by atoms with E-state index in [1.165, 1.54) is 19.4 Å². The number of nitrogens with zero attached hydrogens (tertiary/aromatic N) is 1. The van der Waals surface area contributed by atoms with Gasteiger partial charge in [0.05, 0.1) is 22.8 Å². The maximum Gasteiger partial charge on any atom is 0.341 e. The molecule has 6 heteroatoms. The standard InChI is InChI=1S/C12H10BrFN2O2/c1-15-11-6-3-8(13)9(14)4-10(6)16-5-7(11)12(17)18-2/h3-5H,1-2H3,(H,15,16). The first kappa shape index (κ1) is 12.8. The molecule has 0 bridgehead atoms. The van der Waals surface area contributed by atoms with Gasteiger partial charge in [-0.25, -0.2) is 9.18 Å². The smallest absolute Gasteiger partial charge is 0.341 e. The lowest BCUT2D eigenvalue weighted by molar-refractivity contribution is 0.0601. The Balaban J connectivity index is 2.78. The van der Waals surface area contributed by atoms with Crippen LogP contribution in [-0.2, 0) is 4.74 Å². The summed E-state index contributed by atoms with van der Waals surface area (Å²) in [7, 11) is 2.98. The number of ether oxygens (including phenoxy) is 1. The minimum Gasteiger partial charge on any atom is -0.465 e. The van der Waals surface area contributed by atoms with Gasteiger partial charge in [0.2, 0.25) is 0 Å². The highest BCUT2D eigenvalue weighted by molar-refractivity contribution is 9.10. The average molecular weight is 313 g/mol. The Hall–Kier alpha value is -1.69. The fourth-order valence-corrected chi connectivity index (χ4v) is 2.06. The molecule has 2 rings (SSSR count). The molecule has 18 heavy (non-hydrogen) atoms. The number of esters is 1. The van der Waals surface area contributed by atoms with E-state index >= 15 is 0 Å². The van der Waals surface area contributed by atoms with Crippen LogP contribution in [0.25, 0.3) is 10.9 Å². The molecule has 0 saturated carbocycles. The third kappa shape index (κ3) is 2.03. The van der Waals surface area contributed by atoms with E-state index in [-0.39, 0.29) is 0 Å². The number of hydrogen-bond acceptors (Lipinski definition) is 4. The summed E-state index contributed by atoms with van der Waals surface area (Å²) < 4.78 is 18.4. The van der Waals surface area contributed by atoms with Crippen molar-refractivity contribution in [1.29, 1.82) is 0 Å². The van der Waals surface area contributed by atoms with Gasteiger partial charge >= 0.3 is 5.97 Å². The van der Waals surface area contributed by atoms with Gasteiger partial charge in [-0.05, 0) is 22.0 Å². The summed E-state index contributed by atoms with van der Waals surface area (Å²) in [5.74, 6) is -0.892. The Kier molecular flexibility index (Phi) is 3.47. The van der Waals surface area contributed by atoms with E-state index in [0.717, 1.165) is 0 Å². The molecule has 0 aliphatic carbocycles. The van der Waals surface area contributed by atoms with Crippen LogP contribution in [0.1, 0.15) is 10.4 Å². The maximum atomic E-state index is 13.4. The zero-order valence-electron chi connectivity index (χ0n) is 9.75. The number of aromatic nitrogens is 1. The lowest BCUT2D eigenvalue weighted by atomic mass is 10.1. The van der Waals surface area contributed by atoms with Gasteiger partial charge < -0.3 is 10.1 Å². The van der Waals surface area contributed by atoms with Crippen LogP contribution in [0.3, 0.4) is 0 Å². The number of methoxy groups -OCH3 is 1. The number of anilines is 1. The third-order valence-electron chi connectivity index (χ3n) is 2.57. The minimum atomic E-state index is -0.491. The van der Waals surface area contributed by atoms with Gasteiger partial charge in [0.15, 0.2) is 0 Å². The van der Waals surface area contributed by atoms with E-state index < -0.39 is 11.8 Å². The second kappa shape index (κ2) is 4.89. The number of pyridine rings is 1. The van der Waals surface area contributed by atoms with Crippen LogP contribution in [0.4, 0.5) is 10.1 Å². The van der Waals surface area contributed by atoms with Crippen molar-refractivity contribution in [1.82, 2.24) is 4.98 Å². The number of benzene rings is 1. The average Bonchev–Trinajstić information content (AvgIpc) is 2.38. The normalized spacial score (nSPS) is 10.4. The van der Waals surface area contributed by atoms with Gasteiger partial charge in [-0.1, -0.05) is 0 Å². The van der Waals surface area contributed by atoms with Crippen molar-refractivity contribution in [3.63, 3.8) is 0 Å². The predicted octanol–water partition coefficient (Wildman–Crippen LogP) is 2.96.